The van der Waals surface area contributed by atoms with Gasteiger partial charge in [-0.1, -0.05) is 46.6 Å². The van der Waals surface area contributed by atoms with Crippen molar-refractivity contribution in [1.29, 1.82) is 0 Å². The van der Waals surface area contributed by atoms with E-state index >= 15 is 0 Å². The lowest BCUT2D eigenvalue weighted by molar-refractivity contribution is -0.650. The number of hydrazone groups is 1. The fourth-order valence-corrected chi connectivity index (χ4v) is 2.25. The van der Waals surface area contributed by atoms with Crippen molar-refractivity contribution in [2.24, 2.45) is 5.10 Å². The third-order valence-corrected chi connectivity index (χ3v) is 3.46. The molecule has 1 N–H and O–H groups in total. The highest BCUT2D eigenvalue weighted by molar-refractivity contribution is 7.73. The molecular formula is C14H15IN4S. The maximum atomic E-state index is 4.57. The number of anilines is 2. The Morgan fingerprint density at radius 2 is 1.40 bits per heavy atom. The van der Waals surface area contributed by atoms with Crippen molar-refractivity contribution in [2.75, 3.05) is 10.2 Å². The van der Waals surface area contributed by atoms with Gasteiger partial charge >= 0.3 is 0 Å². The minimum absolute atomic E-state index is 0. The Bertz CT molecular complexity index is 591. The molecule has 2 aromatic carbocycles. The Hall–Kier alpha value is -1.25. The molecule has 1 unspecified atom stereocenters. The van der Waals surface area contributed by atoms with Gasteiger partial charge in [0.05, 0.1) is 18.5 Å². The zero-order chi connectivity index (χ0) is 13.2. The summed E-state index contributed by atoms with van der Waals surface area (Å²) in [5, 5.41) is 8.42. The highest BCUT2D eigenvalue weighted by Gasteiger charge is 2.34. The van der Waals surface area contributed by atoms with Gasteiger partial charge < -0.3 is 24.0 Å². The molecule has 2 aromatic rings. The number of hydrazine groups is 1. The molecule has 0 saturated heterocycles. The van der Waals surface area contributed by atoms with Gasteiger partial charge in [0.1, 0.15) is 5.69 Å². The van der Waals surface area contributed by atoms with Crippen molar-refractivity contribution in [2.45, 2.75) is 6.92 Å². The van der Waals surface area contributed by atoms with Crippen LogP contribution in [0.2, 0.25) is 0 Å². The van der Waals surface area contributed by atoms with Crippen molar-refractivity contribution in [1.82, 2.24) is 0 Å². The quantitative estimate of drug-likeness (QED) is 0.496. The number of thiol groups is 1. The number of hydrogen-bond acceptors (Lipinski definition) is 4. The first kappa shape index (κ1) is 15.1. The Kier molecular flexibility index (Phi) is 4.90. The van der Waals surface area contributed by atoms with Crippen LogP contribution in [-0.4, -0.2) is 5.84 Å². The van der Waals surface area contributed by atoms with Gasteiger partial charge in [0.2, 0.25) is 0 Å². The van der Waals surface area contributed by atoms with Gasteiger partial charge in [0.25, 0.3) is 5.84 Å². The van der Waals surface area contributed by atoms with E-state index in [-0.39, 0.29) is 24.0 Å². The van der Waals surface area contributed by atoms with Gasteiger partial charge in [0, 0.05) is 6.92 Å². The van der Waals surface area contributed by atoms with E-state index < -0.39 is 0 Å². The maximum absolute atomic E-state index is 4.57. The fourth-order valence-electron chi connectivity index (χ4n) is 2.01. The summed E-state index contributed by atoms with van der Waals surface area (Å²) in [5.41, 5.74) is 2.05. The number of nitrogens with zero attached hydrogens (tertiary/aromatic N) is 3. The van der Waals surface area contributed by atoms with Gasteiger partial charge in [-0.15, -0.1) is 9.53 Å². The summed E-state index contributed by atoms with van der Waals surface area (Å²) in [7, 11) is 0. The number of rotatable bonds is 2. The van der Waals surface area contributed by atoms with E-state index in [1.54, 1.807) is 0 Å². The van der Waals surface area contributed by atoms with Gasteiger partial charge in [-0.3, -0.25) is 0 Å². The monoisotopic (exact) mass is 398 g/mol. The minimum atomic E-state index is 0. The Labute approximate surface area is 141 Å². The SMILES string of the molecule is CC1=NN(c2ccccc2)N(c2ccccc2)[NH+]1S.[I-]. The molecule has 0 saturated carbocycles. The molecule has 104 valence electrons. The van der Waals surface area contributed by atoms with E-state index in [0.717, 1.165) is 21.6 Å². The second kappa shape index (κ2) is 6.47. The molecule has 1 aliphatic heterocycles. The highest BCUT2D eigenvalue weighted by atomic mass is 127. The molecule has 6 heteroatoms. The van der Waals surface area contributed by atoms with E-state index in [1.807, 2.05) is 77.8 Å². The van der Waals surface area contributed by atoms with Crippen LogP contribution in [0.15, 0.2) is 65.8 Å². The molecule has 0 aromatic heterocycles. The summed E-state index contributed by atoms with van der Waals surface area (Å²) in [4.78, 5) is 0. The molecule has 1 heterocycles. The number of amidine groups is 1. The molecule has 0 amide bonds. The fraction of sp³-hybridized carbons (Fsp3) is 0.0714. The summed E-state index contributed by atoms with van der Waals surface area (Å²) < 4.78 is 0.843. The number of quaternary nitrogens is 1. The second-order valence-electron chi connectivity index (χ2n) is 4.28. The molecule has 1 aliphatic rings. The van der Waals surface area contributed by atoms with Crippen LogP contribution in [0, 0.1) is 0 Å². The smallest absolute Gasteiger partial charge is 0.255 e. The van der Waals surface area contributed by atoms with Gasteiger partial charge in [-0.05, 0) is 24.3 Å². The minimum Gasteiger partial charge on any atom is -1.00 e. The predicted molar refractivity (Wildman–Crippen MR) is 80.9 cm³/mol. The second-order valence-corrected chi connectivity index (χ2v) is 4.70. The standard InChI is InChI=1S/C14H14N4S.HI/c1-12-15-16(13-8-4-2-5-9-13)17(18(12)19)14-10-6-3-7-11-14;/h2-11,19H,1H3;1H. The first-order chi connectivity index (χ1) is 9.27. The molecule has 0 aliphatic carbocycles. The number of hydrogen-bond donors (Lipinski definition) is 2. The average Bonchev–Trinajstić information content (AvgIpc) is 2.77. The number of halogens is 1. The number of para-hydroxylation sites is 2. The molecule has 0 fully saturated rings. The third kappa shape index (κ3) is 2.77. The molecule has 1 atom stereocenters. The van der Waals surface area contributed by atoms with Crippen LogP contribution < -0.4 is 38.6 Å². The molecular weight excluding hydrogens is 383 g/mol. The Morgan fingerprint density at radius 1 is 0.900 bits per heavy atom. The van der Waals surface area contributed by atoms with Crippen LogP contribution in [0.1, 0.15) is 6.92 Å². The third-order valence-electron chi connectivity index (χ3n) is 2.95. The van der Waals surface area contributed by atoms with Crippen LogP contribution in [0.5, 0.6) is 0 Å². The van der Waals surface area contributed by atoms with Gasteiger partial charge in [-0.25, -0.2) is 0 Å². The van der Waals surface area contributed by atoms with Crippen LogP contribution in [0.25, 0.3) is 0 Å². The molecule has 4 nitrogen and oxygen atoms in total. The molecule has 0 spiro atoms. The van der Waals surface area contributed by atoms with Crippen LogP contribution in [-0.2, 0) is 0 Å². The molecule has 20 heavy (non-hydrogen) atoms. The first-order valence-electron chi connectivity index (χ1n) is 6.09. The van der Waals surface area contributed by atoms with E-state index in [1.165, 1.54) is 0 Å². The lowest BCUT2D eigenvalue weighted by Gasteiger charge is -2.27. The van der Waals surface area contributed by atoms with E-state index in [0.29, 0.717) is 0 Å². The van der Waals surface area contributed by atoms with E-state index in [4.69, 9.17) is 0 Å². The largest absolute Gasteiger partial charge is 1.00 e. The highest BCUT2D eigenvalue weighted by Crippen LogP contribution is 2.22. The van der Waals surface area contributed by atoms with Crippen molar-refractivity contribution in [3.8, 4) is 0 Å². The molecule has 3 rings (SSSR count). The summed E-state index contributed by atoms with van der Waals surface area (Å²) in [6.07, 6.45) is 0. The van der Waals surface area contributed by atoms with Gasteiger partial charge in [-0.2, -0.15) is 0 Å². The molecule has 0 bridgehead atoms. The predicted octanol–water partition coefficient (Wildman–Crippen LogP) is -1.09. The van der Waals surface area contributed by atoms with Crippen molar-refractivity contribution in [3.63, 3.8) is 0 Å². The molecule has 0 radical (unpaired) electrons. The maximum Gasteiger partial charge on any atom is 0.255 e. The lowest BCUT2D eigenvalue weighted by Crippen LogP contribution is -3.12. The van der Waals surface area contributed by atoms with Crippen LogP contribution >= 0.6 is 12.8 Å². The van der Waals surface area contributed by atoms with Crippen LogP contribution in [0.4, 0.5) is 11.4 Å². The van der Waals surface area contributed by atoms with E-state index in [2.05, 4.69) is 17.9 Å². The zero-order valence-corrected chi connectivity index (χ0v) is 14.0. The zero-order valence-electron chi connectivity index (χ0n) is 10.9. The van der Waals surface area contributed by atoms with Crippen molar-refractivity contribution < 1.29 is 28.4 Å². The summed E-state index contributed by atoms with van der Waals surface area (Å²) in [6, 6.07) is 20.1. The van der Waals surface area contributed by atoms with Crippen LogP contribution in [0.3, 0.4) is 0 Å². The summed E-state index contributed by atoms with van der Waals surface area (Å²) in [6.45, 7) is 1.96. The number of nitrogens with one attached hydrogen (secondary N) is 1. The van der Waals surface area contributed by atoms with Crippen molar-refractivity contribution >= 4 is 30.0 Å². The summed E-state index contributed by atoms with van der Waals surface area (Å²) >= 11 is 4.57. The van der Waals surface area contributed by atoms with Crippen molar-refractivity contribution in [3.05, 3.63) is 60.7 Å². The normalized spacial score (nSPS) is 17.7. The van der Waals surface area contributed by atoms with Gasteiger partial charge in [0.15, 0.2) is 0 Å². The first-order valence-corrected chi connectivity index (χ1v) is 6.54. The Morgan fingerprint density at radius 3 is 1.95 bits per heavy atom. The Balaban J connectivity index is 0.00000147. The topological polar surface area (TPSA) is 23.3 Å². The lowest BCUT2D eigenvalue weighted by atomic mass is 10.3. The average molecular weight is 398 g/mol. The van der Waals surface area contributed by atoms with E-state index in [9.17, 15) is 0 Å². The summed E-state index contributed by atoms with van der Waals surface area (Å²) in [5.74, 6) is 0.899. The number of benzene rings is 2.